The van der Waals surface area contributed by atoms with E-state index in [1.54, 1.807) is 6.92 Å². The van der Waals surface area contributed by atoms with Crippen LogP contribution in [0.15, 0.2) is 12.9 Å². The molecule has 0 spiro atoms. The lowest BCUT2D eigenvalue weighted by Gasteiger charge is -1.52. The van der Waals surface area contributed by atoms with Crippen LogP contribution in [0, 0.1) is 0 Å². The summed E-state index contributed by atoms with van der Waals surface area (Å²) in [6, 6.07) is 0. The number of aliphatic hydroxyl groups excluding tert-OH is 1. The van der Waals surface area contributed by atoms with Crippen LogP contribution in [0.2, 0.25) is 0 Å². The molecule has 0 aliphatic carbocycles. The van der Waals surface area contributed by atoms with Crippen LogP contribution in [0.3, 0.4) is 0 Å². The van der Waals surface area contributed by atoms with Crippen molar-refractivity contribution in [2.24, 2.45) is 0 Å². The van der Waals surface area contributed by atoms with Gasteiger partial charge in [-0.25, -0.2) is 4.39 Å². The maximum atomic E-state index is 10.1. The van der Waals surface area contributed by atoms with Crippen LogP contribution in [-0.2, 0) is 0 Å². The van der Waals surface area contributed by atoms with E-state index in [2.05, 4.69) is 6.58 Å². The number of rotatable bonds is 0. The number of halogens is 1. The van der Waals surface area contributed by atoms with Gasteiger partial charge in [-0.1, -0.05) is 6.58 Å². The van der Waals surface area contributed by atoms with Gasteiger partial charge in [0.1, 0.15) is 0 Å². The molecule has 0 amide bonds. The van der Waals surface area contributed by atoms with E-state index in [-0.39, 0.29) is 12.9 Å². The predicted octanol–water partition coefficient (Wildman–Crippen LogP) is 1.10. The first-order valence-electron chi connectivity index (χ1n) is 1.65. The SMILES string of the molecule is C=CF.CCO. The van der Waals surface area contributed by atoms with Crippen molar-refractivity contribution >= 4 is 0 Å². The van der Waals surface area contributed by atoms with Crippen molar-refractivity contribution in [3.05, 3.63) is 12.9 Å². The lowest BCUT2D eigenvalue weighted by atomic mass is 10.9. The first kappa shape index (κ1) is 9.16. The van der Waals surface area contributed by atoms with Crippen molar-refractivity contribution in [1.29, 1.82) is 0 Å². The number of aliphatic hydroxyl groups is 1. The van der Waals surface area contributed by atoms with Gasteiger partial charge >= 0.3 is 0 Å². The molecular weight excluding hydrogens is 83.0 g/mol. The highest BCUT2D eigenvalue weighted by Gasteiger charge is 1.34. The summed E-state index contributed by atoms with van der Waals surface area (Å²) >= 11 is 0. The Balaban J connectivity index is 0. The molecule has 0 saturated heterocycles. The molecule has 0 unspecified atom stereocenters. The Morgan fingerprint density at radius 2 is 2.00 bits per heavy atom. The second kappa shape index (κ2) is 23.0. The molecule has 0 saturated carbocycles. The molecule has 0 aliphatic rings. The van der Waals surface area contributed by atoms with Crippen molar-refractivity contribution in [3.63, 3.8) is 0 Å². The van der Waals surface area contributed by atoms with Crippen LogP contribution in [0.25, 0.3) is 0 Å². The molecule has 0 aromatic heterocycles. The third kappa shape index (κ3) is 183. The van der Waals surface area contributed by atoms with Crippen LogP contribution in [-0.4, -0.2) is 11.7 Å². The summed E-state index contributed by atoms with van der Waals surface area (Å²) in [4.78, 5) is 0. The molecular formula is C4H9FO. The Morgan fingerprint density at radius 3 is 2.00 bits per heavy atom. The third-order valence-corrected chi connectivity index (χ3v) is 0. The average Bonchev–Trinajstić information content (AvgIpc) is 1.39. The lowest BCUT2D eigenvalue weighted by molar-refractivity contribution is 0.318. The fourth-order valence-corrected chi connectivity index (χ4v) is 0. The average molecular weight is 92.1 g/mol. The van der Waals surface area contributed by atoms with E-state index in [0.717, 1.165) is 0 Å². The van der Waals surface area contributed by atoms with Gasteiger partial charge in [-0.3, -0.25) is 0 Å². The second-order valence-electron chi connectivity index (χ2n) is 0.471. The van der Waals surface area contributed by atoms with Crippen LogP contribution in [0.5, 0.6) is 0 Å². The topological polar surface area (TPSA) is 20.2 Å². The molecule has 38 valence electrons. The Hall–Kier alpha value is -0.370. The minimum Gasteiger partial charge on any atom is -0.397 e. The van der Waals surface area contributed by atoms with Crippen molar-refractivity contribution in [3.8, 4) is 0 Å². The summed E-state index contributed by atoms with van der Waals surface area (Å²) in [6.45, 7) is 4.62. The highest BCUT2D eigenvalue weighted by atomic mass is 19.1. The Morgan fingerprint density at radius 1 is 2.00 bits per heavy atom. The van der Waals surface area contributed by atoms with Crippen molar-refractivity contribution in [2.45, 2.75) is 6.92 Å². The minimum atomic E-state index is 0.250. The van der Waals surface area contributed by atoms with Gasteiger partial charge in [-0.15, -0.1) is 0 Å². The molecule has 6 heavy (non-hydrogen) atoms. The maximum Gasteiger partial charge on any atom is 0.0795 e. The van der Waals surface area contributed by atoms with Gasteiger partial charge in [-0.2, -0.15) is 0 Å². The Bertz CT molecular complexity index is 21.5. The summed E-state index contributed by atoms with van der Waals surface area (Å²) in [7, 11) is 0. The first-order valence-corrected chi connectivity index (χ1v) is 1.65. The molecule has 1 N–H and O–H groups in total. The van der Waals surface area contributed by atoms with E-state index in [1.807, 2.05) is 0 Å². The predicted molar refractivity (Wildman–Crippen MR) is 24.1 cm³/mol. The molecule has 0 atom stereocenters. The molecule has 0 aromatic rings. The molecule has 0 rings (SSSR count). The van der Waals surface area contributed by atoms with Crippen LogP contribution < -0.4 is 0 Å². The molecule has 0 aliphatic heterocycles. The van der Waals surface area contributed by atoms with Gasteiger partial charge in [0.25, 0.3) is 0 Å². The van der Waals surface area contributed by atoms with Crippen LogP contribution in [0.1, 0.15) is 6.92 Å². The highest BCUT2D eigenvalue weighted by molar-refractivity contribution is 4.39. The number of hydrogen-bond acceptors (Lipinski definition) is 1. The molecule has 1 nitrogen and oxygen atoms in total. The van der Waals surface area contributed by atoms with Gasteiger partial charge < -0.3 is 5.11 Å². The summed E-state index contributed by atoms with van der Waals surface area (Å²) in [5, 5.41) is 7.57. The van der Waals surface area contributed by atoms with Crippen molar-refractivity contribution in [2.75, 3.05) is 6.61 Å². The lowest BCUT2D eigenvalue weighted by Crippen LogP contribution is -1.57. The molecule has 2 heteroatoms. The summed E-state index contributed by atoms with van der Waals surface area (Å²) < 4.78 is 10.1. The fraction of sp³-hybridized carbons (Fsp3) is 0.500. The third-order valence-electron chi connectivity index (χ3n) is 0. The largest absolute Gasteiger partial charge is 0.397 e. The summed E-state index contributed by atoms with van der Waals surface area (Å²) in [6.07, 6.45) is 0.250. The van der Waals surface area contributed by atoms with Gasteiger partial charge in [0.15, 0.2) is 0 Å². The van der Waals surface area contributed by atoms with E-state index in [9.17, 15) is 4.39 Å². The zero-order valence-corrected chi connectivity index (χ0v) is 3.82. The van der Waals surface area contributed by atoms with E-state index in [4.69, 9.17) is 5.11 Å². The van der Waals surface area contributed by atoms with E-state index in [0.29, 0.717) is 0 Å². The standard InChI is InChI=1S/C2H3F.C2H6O/c2*1-2-3/h2H,1H2;3H,2H2,1H3. The summed E-state index contributed by atoms with van der Waals surface area (Å²) in [5.74, 6) is 0. The smallest absolute Gasteiger partial charge is 0.0795 e. The minimum absolute atomic E-state index is 0.250. The quantitative estimate of drug-likeness (QED) is 0.474. The van der Waals surface area contributed by atoms with Gasteiger partial charge in [0.05, 0.1) is 6.33 Å². The molecule has 0 heterocycles. The second-order valence-corrected chi connectivity index (χ2v) is 0.471. The zero-order chi connectivity index (χ0) is 5.41. The van der Waals surface area contributed by atoms with Gasteiger partial charge in [-0.05, 0) is 6.92 Å². The van der Waals surface area contributed by atoms with E-state index >= 15 is 0 Å². The van der Waals surface area contributed by atoms with Crippen molar-refractivity contribution in [1.82, 2.24) is 0 Å². The van der Waals surface area contributed by atoms with Crippen LogP contribution >= 0.6 is 0 Å². The zero-order valence-electron chi connectivity index (χ0n) is 3.82. The first-order chi connectivity index (χ1) is 2.83. The van der Waals surface area contributed by atoms with E-state index < -0.39 is 0 Å². The Labute approximate surface area is 37.1 Å². The number of hydrogen-bond donors (Lipinski definition) is 1. The molecule has 0 fully saturated rings. The highest BCUT2D eigenvalue weighted by Crippen LogP contribution is 1.48. The Kier molecular flexibility index (Phi) is 35.1. The summed E-state index contributed by atoms with van der Waals surface area (Å²) in [5.41, 5.74) is 0. The van der Waals surface area contributed by atoms with E-state index in [1.165, 1.54) is 0 Å². The maximum absolute atomic E-state index is 10.1. The van der Waals surface area contributed by atoms with Gasteiger partial charge in [0, 0.05) is 6.61 Å². The van der Waals surface area contributed by atoms with Crippen molar-refractivity contribution < 1.29 is 9.50 Å². The van der Waals surface area contributed by atoms with Gasteiger partial charge in [0.2, 0.25) is 0 Å². The fourth-order valence-electron chi connectivity index (χ4n) is 0. The normalized spacial score (nSPS) is 5.17. The molecule has 0 bridgehead atoms. The van der Waals surface area contributed by atoms with Crippen LogP contribution in [0.4, 0.5) is 4.39 Å². The monoisotopic (exact) mass is 92.1 g/mol. The molecule has 0 aromatic carbocycles. The molecule has 0 radical (unpaired) electrons.